The van der Waals surface area contributed by atoms with Gasteiger partial charge in [-0.1, -0.05) is 48.6 Å². The first-order valence-corrected chi connectivity index (χ1v) is 8.01. The first kappa shape index (κ1) is 15.8. The SMILES string of the molecule is C=C[C@@H]1C[C@H](/C=C/CCC(C)=O)CC1Cc1ccccc1. The van der Waals surface area contributed by atoms with Crippen molar-refractivity contribution in [1.82, 2.24) is 0 Å². The van der Waals surface area contributed by atoms with E-state index in [1.807, 2.05) is 0 Å². The number of rotatable bonds is 7. The molecular weight excluding hydrogens is 256 g/mol. The van der Waals surface area contributed by atoms with E-state index in [-0.39, 0.29) is 5.78 Å². The molecule has 0 heterocycles. The highest BCUT2D eigenvalue weighted by molar-refractivity contribution is 5.75. The lowest BCUT2D eigenvalue weighted by atomic mass is 9.90. The van der Waals surface area contributed by atoms with E-state index in [4.69, 9.17) is 0 Å². The fourth-order valence-electron chi connectivity index (χ4n) is 3.37. The van der Waals surface area contributed by atoms with Crippen LogP contribution in [0.3, 0.4) is 0 Å². The summed E-state index contributed by atoms with van der Waals surface area (Å²) < 4.78 is 0. The summed E-state index contributed by atoms with van der Waals surface area (Å²) in [6, 6.07) is 10.7. The van der Waals surface area contributed by atoms with Crippen molar-refractivity contribution in [3.05, 3.63) is 60.7 Å². The summed E-state index contributed by atoms with van der Waals surface area (Å²) in [7, 11) is 0. The molecule has 1 aromatic rings. The van der Waals surface area contributed by atoms with Gasteiger partial charge >= 0.3 is 0 Å². The van der Waals surface area contributed by atoms with Crippen LogP contribution in [0.25, 0.3) is 0 Å². The molecule has 0 aromatic heterocycles. The highest BCUT2D eigenvalue weighted by atomic mass is 16.1. The van der Waals surface area contributed by atoms with Crippen molar-refractivity contribution in [2.75, 3.05) is 0 Å². The Morgan fingerprint density at radius 2 is 2.05 bits per heavy atom. The van der Waals surface area contributed by atoms with Crippen LogP contribution in [0.15, 0.2) is 55.1 Å². The maximum Gasteiger partial charge on any atom is 0.130 e. The predicted molar refractivity (Wildman–Crippen MR) is 89.1 cm³/mol. The summed E-state index contributed by atoms with van der Waals surface area (Å²) in [5.41, 5.74) is 1.43. The lowest BCUT2D eigenvalue weighted by molar-refractivity contribution is -0.116. The van der Waals surface area contributed by atoms with Crippen LogP contribution in [-0.2, 0) is 11.2 Å². The second-order valence-electron chi connectivity index (χ2n) is 6.25. The van der Waals surface area contributed by atoms with Gasteiger partial charge in [0, 0.05) is 6.42 Å². The van der Waals surface area contributed by atoms with Crippen LogP contribution in [0, 0.1) is 17.8 Å². The summed E-state index contributed by atoms with van der Waals surface area (Å²) in [5.74, 6) is 2.24. The molecule has 1 nitrogen and oxygen atoms in total. The van der Waals surface area contributed by atoms with Gasteiger partial charge in [0.25, 0.3) is 0 Å². The molecule has 0 amide bonds. The van der Waals surface area contributed by atoms with Gasteiger partial charge in [-0.3, -0.25) is 0 Å². The van der Waals surface area contributed by atoms with Crippen LogP contribution in [-0.4, -0.2) is 5.78 Å². The van der Waals surface area contributed by atoms with E-state index in [0.717, 1.165) is 12.8 Å². The minimum atomic E-state index is 0.275. The second kappa shape index (κ2) is 7.97. The van der Waals surface area contributed by atoms with Crippen molar-refractivity contribution in [2.45, 2.75) is 39.0 Å². The van der Waals surface area contributed by atoms with E-state index in [2.05, 4.69) is 55.1 Å². The van der Waals surface area contributed by atoms with Crippen molar-refractivity contribution >= 4 is 5.78 Å². The second-order valence-corrected chi connectivity index (χ2v) is 6.25. The number of ketones is 1. The average Bonchev–Trinajstić information content (AvgIpc) is 2.86. The summed E-state index contributed by atoms with van der Waals surface area (Å²) in [6.07, 6.45) is 11.8. The summed E-state index contributed by atoms with van der Waals surface area (Å²) in [5, 5.41) is 0. The molecule has 0 N–H and O–H groups in total. The zero-order chi connectivity index (χ0) is 15.1. The third kappa shape index (κ3) is 5.00. The van der Waals surface area contributed by atoms with Gasteiger partial charge in [-0.25, -0.2) is 0 Å². The van der Waals surface area contributed by atoms with Gasteiger partial charge in [-0.15, -0.1) is 6.58 Å². The highest BCUT2D eigenvalue weighted by Crippen LogP contribution is 2.39. The Kier molecular flexibility index (Phi) is 5.98. The molecule has 0 saturated heterocycles. The third-order valence-electron chi connectivity index (χ3n) is 4.50. The highest BCUT2D eigenvalue weighted by Gasteiger charge is 2.30. The van der Waals surface area contributed by atoms with Crippen molar-refractivity contribution < 1.29 is 4.79 Å². The molecule has 112 valence electrons. The number of Topliss-reactive ketones (excluding diaryl/α,β-unsaturated/α-hetero) is 1. The molecule has 0 radical (unpaired) electrons. The minimum absolute atomic E-state index is 0.275. The molecule has 0 bridgehead atoms. The van der Waals surface area contributed by atoms with E-state index in [0.29, 0.717) is 24.2 Å². The molecule has 1 aliphatic carbocycles. The first-order chi connectivity index (χ1) is 10.2. The molecule has 21 heavy (non-hydrogen) atoms. The molecular formula is C20H26O. The molecule has 2 rings (SSSR count). The van der Waals surface area contributed by atoms with Crippen LogP contribution < -0.4 is 0 Å². The topological polar surface area (TPSA) is 17.1 Å². The van der Waals surface area contributed by atoms with Gasteiger partial charge in [-0.2, -0.15) is 0 Å². The van der Waals surface area contributed by atoms with Gasteiger partial charge < -0.3 is 4.79 Å². The van der Waals surface area contributed by atoms with Crippen molar-refractivity contribution in [3.63, 3.8) is 0 Å². The number of carbonyl (C=O) groups excluding carboxylic acids is 1. The van der Waals surface area contributed by atoms with Gasteiger partial charge in [0.05, 0.1) is 0 Å². The molecule has 1 unspecified atom stereocenters. The maximum atomic E-state index is 10.9. The molecule has 0 aliphatic heterocycles. The molecule has 3 atom stereocenters. The predicted octanol–water partition coefficient (Wildman–Crippen LogP) is 4.98. The standard InChI is InChI=1S/C20H26O/c1-3-19-14-18(12-8-7-9-16(2)21)15-20(19)13-17-10-5-4-6-11-17/h3-6,8,10-12,18-20H,1,7,9,13-15H2,2H3/b12-8+/t18-,19+,20?/m0/s1. The van der Waals surface area contributed by atoms with Crippen molar-refractivity contribution in [2.24, 2.45) is 17.8 Å². The number of allylic oxidation sites excluding steroid dienone is 3. The van der Waals surface area contributed by atoms with Gasteiger partial charge in [-0.05, 0) is 55.9 Å². The molecule has 1 fully saturated rings. The lowest BCUT2D eigenvalue weighted by Crippen LogP contribution is -2.08. The van der Waals surface area contributed by atoms with E-state index < -0.39 is 0 Å². The summed E-state index contributed by atoms with van der Waals surface area (Å²) in [4.78, 5) is 10.9. The molecule has 0 spiro atoms. The summed E-state index contributed by atoms with van der Waals surface area (Å²) in [6.45, 7) is 5.68. The smallest absolute Gasteiger partial charge is 0.130 e. The minimum Gasteiger partial charge on any atom is -0.300 e. The fourth-order valence-corrected chi connectivity index (χ4v) is 3.37. The zero-order valence-electron chi connectivity index (χ0n) is 13.0. The van der Waals surface area contributed by atoms with E-state index in [1.165, 1.54) is 18.4 Å². The monoisotopic (exact) mass is 282 g/mol. The van der Waals surface area contributed by atoms with Crippen molar-refractivity contribution in [3.8, 4) is 0 Å². The van der Waals surface area contributed by atoms with E-state index in [1.54, 1.807) is 6.92 Å². The van der Waals surface area contributed by atoms with E-state index >= 15 is 0 Å². The Balaban J connectivity index is 1.88. The zero-order valence-corrected chi connectivity index (χ0v) is 13.0. The fraction of sp³-hybridized carbons (Fsp3) is 0.450. The molecule has 1 aliphatic rings. The van der Waals surface area contributed by atoms with Gasteiger partial charge in [0.2, 0.25) is 0 Å². The molecule has 1 saturated carbocycles. The van der Waals surface area contributed by atoms with Crippen LogP contribution in [0.1, 0.15) is 38.2 Å². The number of hydrogen-bond acceptors (Lipinski definition) is 1. The Hall–Kier alpha value is -1.63. The Labute approximate surface area is 128 Å². The summed E-state index contributed by atoms with van der Waals surface area (Å²) >= 11 is 0. The average molecular weight is 282 g/mol. The van der Waals surface area contributed by atoms with Crippen LogP contribution in [0.5, 0.6) is 0 Å². The normalized spacial score (nSPS) is 25.3. The Morgan fingerprint density at radius 1 is 1.29 bits per heavy atom. The number of carbonyl (C=O) groups is 1. The van der Waals surface area contributed by atoms with Crippen LogP contribution in [0.4, 0.5) is 0 Å². The molecule has 1 heteroatoms. The van der Waals surface area contributed by atoms with Crippen LogP contribution >= 0.6 is 0 Å². The quantitative estimate of drug-likeness (QED) is 0.644. The molecule has 1 aromatic carbocycles. The maximum absolute atomic E-state index is 10.9. The number of hydrogen-bond donors (Lipinski definition) is 0. The van der Waals surface area contributed by atoms with Gasteiger partial charge in [0.1, 0.15) is 5.78 Å². The Morgan fingerprint density at radius 3 is 2.71 bits per heavy atom. The Bertz CT molecular complexity index is 486. The van der Waals surface area contributed by atoms with Gasteiger partial charge in [0.15, 0.2) is 0 Å². The largest absolute Gasteiger partial charge is 0.300 e. The van der Waals surface area contributed by atoms with E-state index in [9.17, 15) is 4.79 Å². The third-order valence-corrected chi connectivity index (χ3v) is 4.50. The van der Waals surface area contributed by atoms with Crippen LogP contribution in [0.2, 0.25) is 0 Å². The lowest BCUT2D eigenvalue weighted by Gasteiger charge is -2.15. The first-order valence-electron chi connectivity index (χ1n) is 8.01. The number of benzene rings is 1. The van der Waals surface area contributed by atoms with Crippen molar-refractivity contribution in [1.29, 1.82) is 0 Å².